The van der Waals surface area contributed by atoms with Gasteiger partial charge in [-0.2, -0.15) is 19.6 Å². The van der Waals surface area contributed by atoms with Crippen molar-refractivity contribution in [3.63, 3.8) is 0 Å². The number of nitrogens with zero attached hydrogens (tertiary/aromatic N) is 7. The van der Waals surface area contributed by atoms with E-state index >= 15 is 0 Å². The molecule has 0 amide bonds. The van der Waals surface area contributed by atoms with Gasteiger partial charge in [-0.15, -0.1) is 0 Å². The molecule has 1 fully saturated rings. The van der Waals surface area contributed by atoms with Crippen molar-refractivity contribution in [3.05, 3.63) is 42.0 Å². The summed E-state index contributed by atoms with van der Waals surface area (Å²) >= 11 is 0. The summed E-state index contributed by atoms with van der Waals surface area (Å²) < 4.78 is 12.1. The van der Waals surface area contributed by atoms with Crippen molar-refractivity contribution in [3.8, 4) is 11.5 Å². The minimum absolute atomic E-state index is 0.304. The third-order valence-electron chi connectivity index (χ3n) is 4.83. The van der Waals surface area contributed by atoms with Crippen molar-refractivity contribution in [2.45, 2.75) is 13.5 Å². The molecule has 0 saturated carbocycles. The van der Waals surface area contributed by atoms with Crippen LogP contribution in [0.4, 0.5) is 11.9 Å². The van der Waals surface area contributed by atoms with Crippen LogP contribution in [0.1, 0.15) is 11.5 Å². The maximum atomic E-state index is 6.13. The maximum absolute atomic E-state index is 6.13. The molecule has 0 aliphatic carbocycles. The summed E-state index contributed by atoms with van der Waals surface area (Å²) in [5.74, 6) is 2.43. The molecule has 4 aromatic rings. The Bertz CT molecular complexity index is 1090. The van der Waals surface area contributed by atoms with E-state index in [0.717, 1.165) is 44.2 Å². The third kappa shape index (κ3) is 3.07. The molecule has 28 heavy (non-hydrogen) atoms. The van der Waals surface area contributed by atoms with Gasteiger partial charge in [0.1, 0.15) is 11.5 Å². The van der Waals surface area contributed by atoms with Gasteiger partial charge in [0.2, 0.25) is 11.9 Å². The quantitative estimate of drug-likeness (QED) is 0.563. The Morgan fingerprint density at radius 1 is 1.14 bits per heavy atom. The molecule has 10 heteroatoms. The highest BCUT2D eigenvalue weighted by Gasteiger charge is 2.22. The van der Waals surface area contributed by atoms with E-state index in [1.807, 2.05) is 31.2 Å². The van der Waals surface area contributed by atoms with Gasteiger partial charge in [0.15, 0.2) is 11.4 Å². The highest BCUT2D eigenvalue weighted by Crippen LogP contribution is 2.22. The third-order valence-corrected chi connectivity index (χ3v) is 4.83. The first-order valence-corrected chi connectivity index (χ1v) is 9.12. The normalized spacial score (nSPS) is 15.5. The number of piperazine rings is 1. The number of anilines is 2. The first-order valence-electron chi connectivity index (χ1n) is 9.12. The lowest BCUT2D eigenvalue weighted by atomic mass is 10.3. The molecule has 5 rings (SSSR count). The van der Waals surface area contributed by atoms with E-state index in [9.17, 15) is 0 Å². The summed E-state index contributed by atoms with van der Waals surface area (Å²) in [5.41, 5.74) is 8.41. The first kappa shape index (κ1) is 16.8. The van der Waals surface area contributed by atoms with E-state index in [1.165, 1.54) is 4.52 Å². The minimum atomic E-state index is 0.304. The van der Waals surface area contributed by atoms with Crippen LogP contribution in [-0.4, -0.2) is 55.8 Å². The number of aromatic nitrogens is 5. The van der Waals surface area contributed by atoms with E-state index in [4.69, 9.17) is 14.7 Å². The van der Waals surface area contributed by atoms with Crippen molar-refractivity contribution in [1.82, 2.24) is 29.6 Å². The fraction of sp³-hybridized carbons (Fsp3) is 0.333. The lowest BCUT2D eigenvalue weighted by Crippen LogP contribution is -2.46. The average Bonchev–Trinajstić information content (AvgIpc) is 3.42. The van der Waals surface area contributed by atoms with Crippen LogP contribution in [0.25, 0.3) is 17.1 Å². The molecule has 10 nitrogen and oxygen atoms in total. The van der Waals surface area contributed by atoms with Gasteiger partial charge in [0, 0.05) is 44.9 Å². The van der Waals surface area contributed by atoms with Gasteiger partial charge in [-0.3, -0.25) is 4.90 Å². The van der Waals surface area contributed by atoms with Crippen LogP contribution in [0.2, 0.25) is 0 Å². The summed E-state index contributed by atoms with van der Waals surface area (Å²) in [6, 6.07) is 7.49. The molecule has 5 heterocycles. The second-order valence-electron chi connectivity index (χ2n) is 6.85. The zero-order valence-electron chi connectivity index (χ0n) is 15.4. The Hall–Kier alpha value is -3.40. The number of furan rings is 1. The number of rotatable bonds is 4. The number of fused-ring (bicyclic) bond motifs is 1. The van der Waals surface area contributed by atoms with Gasteiger partial charge in [-0.1, -0.05) is 5.16 Å². The summed E-state index contributed by atoms with van der Waals surface area (Å²) in [6.07, 6.45) is 1.61. The van der Waals surface area contributed by atoms with E-state index in [2.05, 4.69) is 30.0 Å². The predicted octanol–water partition coefficient (Wildman–Crippen LogP) is 1.59. The maximum Gasteiger partial charge on any atom is 0.230 e. The smallest absolute Gasteiger partial charge is 0.230 e. The van der Waals surface area contributed by atoms with Crippen LogP contribution in [-0.2, 0) is 6.54 Å². The second kappa shape index (κ2) is 6.64. The first-order chi connectivity index (χ1) is 13.7. The molecule has 144 valence electrons. The largest absolute Gasteiger partial charge is 0.463 e. The Balaban J connectivity index is 1.32. The molecule has 1 aliphatic rings. The molecule has 1 saturated heterocycles. The summed E-state index contributed by atoms with van der Waals surface area (Å²) in [7, 11) is 0. The van der Waals surface area contributed by atoms with E-state index in [1.54, 1.807) is 6.26 Å². The van der Waals surface area contributed by atoms with Crippen molar-refractivity contribution in [2.75, 3.05) is 36.8 Å². The van der Waals surface area contributed by atoms with Crippen LogP contribution in [0.15, 0.2) is 39.5 Å². The molecule has 0 unspecified atom stereocenters. The molecule has 0 spiro atoms. The van der Waals surface area contributed by atoms with Crippen LogP contribution in [0, 0.1) is 6.92 Å². The molecule has 0 bridgehead atoms. The predicted molar refractivity (Wildman–Crippen MR) is 102 cm³/mol. The molecule has 0 atom stereocenters. The number of hydrogen-bond donors (Lipinski definition) is 1. The van der Waals surface area contributed by atoms with Crippen LogP contribution >= 0.6 is 0 Å². The van der Waals surface area contributed by atoms with Gasteiger partial charge in [0.05, 0.1) is 12.0 Å². The zero-order chi connectivity index (χ0) is 19.1. The van der Waals surface area contributed by atoms with Crippen molar-refractivity contribution in [1.29, 1.82) is 0 Å². The molecular weight excluding hydrogens is 360 g/mol. The summed E-state index contributed by atoms with van der Waals surface area (Å²) in [4.78, 5) is 13.6. The van der Waals surface area contributed by atoms with Gasteiger partial charge in [-0.05, 0) is 19.1 Å². The second-order valence-corrected chi connectivity index (χ2v) is 6.85. The average molecular weight is 380 g/mol. The van der Waals surface area contributed by atoms with Crippen LogP contribution in [0.5, 0.6) is 0 Å². The fourth-order valence-electron chi connectivity index (χ4n) is 3.41. The van der Waals surface area contributed by atoms with Gasteiger partial charge in [-0.25, -0.2) is 0 Å². The lowest BCUT2D eigenvalue weighted by molar-refractivity contribution is 0.240. The Kier molecular flexibility index (Phi) is 3.97. The van der Waals surface area contributed by atoms with Crippen molar-refractivity contribution >= 4 is 17.5 Å². The number of nitrogens with two attached hydrogens (primary N) is 1. The van der Waals surface area contributed by atoms with Crippen LogP contribution < -0.4 is 10.6 Å². The molecule has 0 aromatic carbocycles. The highest BCUT2D eigenvalue weighted by molar-refractivity contribution is 5.61. The highest BCUT2D eigenvalue weighted by atomic mass is 16.5. The molecule has 0 radical (unpaired) electrons. The zero-order valence-corrected chi connectivity index (χ0v) is 15.4. The number of hydrogen-bond acceptors (Lipinski definition) is 9. The minimum Gasteiger partial charge on any atom is -0.463 e. The van der Waals surface area contributed by atoms with E-state index in [-0.39, 0.29) is 0 Å². The molecule has 2 N–H and O–H groups in total. The number of aryl methyl sites for hydroxylation is 1. The van der Waals surface area contributed by atoms with Crippen molar-refractivity contribution < 1.29 is 8.94 Å². The Morgan fingerprint density at radius 3 is 2.71 bits per heavy atom. The van der Waals surface area contributed by atoms with Gasteiger partial charge in [0.25, 0.3) is 0 Å². The van der Waals surface area contributed by atoms with Crippen LogP contribution in [0.3, 0.4) is 0 Å². The van der Waals surface area contributed by atoms with E-state index < -0.39 is 0 Å². The van der Waals surface area contributed by atoms with E-state index in [0.29, 0.717) is 29.0 Å². The van der Waals surface area contributed by atoms with Gasteiger partial charge >= 0.3 is 0 Å². The fourth-order valence-corrected chi connectivity index (χ4v) is 3.41. The van der Waals surface area contributed by atoms with Crippen molar-refractivity contribution in [2.24, 2.45) is 0 Å². The number of nitrogen functional groups attached to an aromatic ring is 1. The summed E-state index contributed by atoms with van der Waals surface area (Å²) in [6.45, 7) is 6.08. The Morgan fingerprint density at radius 2 is 2.00 bits per heavy atom. The molecular formula is C18H20N8O2. The topological polar surface area (TPSA) is 115 Å². The SMILES string of the molecule is Cc1cc(CN2CCN(c3nc(N)n4nc(-c5ccco5)cc4n3)CC2)no1. The Labute approximate surface area is 160 Å². The molecule has 1 aliphatic heterocycles. The summed E-state index contributed by atoms with van der Waals surface area (Å²) in [5, 5.41) is 8.50. The lowest BCUT2D eigenvalue weighted by Gasteiger charge is -2.34. The molecule has 4 aromatic heterocycles. The standard InChI is InChI=1S/C18H20N8O2/c1-12-9-13(23-28-12)11-24-4-6-25(7-5-24)18-20-16-10-14(15-3-2-8-27-15)22-26(16)17(19)21-18/h2-3,8-10H,4-7,11H2,1H3,(H2,19,20,21). The monoisotopic (exact) mass is 380 g/mol. The van der Waals surface area contributed by atoms with Gasteiger partial charge < -0.3 is 19.6 Å².